The number of carbonyl (C=O) groups excluding carboxylic acids is 2. The van der Waals surface area contributed by atoms with E-state index < -0.39 is 17.6 Å². The molecule has 0 radical (unpaired) electrons. The zero-order chi connectivity index (χ0) is 23.7. The molecule has 1 heterocycles. The van der Waals surface area contributed by atoms with Crippen molar-refractivity contribution in [2.45, 2.75) is 12.7 Å². The van der Waals surface area contributed by atoms with Crippen molar-refractivity contribution in [2.75, 3.05) is 47.1 Å². The van der Waals surface area contributed by atoms with E-state index in [1.165, 1.54) is 31.3 Å². The lowest BCUT2D eigenvalue weighted by atomic mass is 10.1. The van der Waals surface area contributed by atoms with Crippen LogP contribution in [0.25, 0.3) is 0 Å². The molecule has 0 saturated heterocycles. The molecule has 1 aromatic carbocycles. The van der Waals surface area contributed by atoms with Crippen LogP contribution < -0.4 is 0 Å². The summed E-state index contributed by atoms with van der Waals surface area (Å²) in [4.78, 5) is 28.8. The molecule has 0 aliphatic heterocycles. The van der Waals surface area contributed by atoms with Gasteiger partial charge in [-0.3, -0.25) is 9.59 Å². The Morgan fingerprint density at radius 3 is 2.22 bits per heavy atom. The van der Waals surface area contributed by atoms with Gasteiger partial charge in [-0.05, 0) is 30.3 Å². The number of ether oxygens (including phenoxy) is 2. The van der Waals surface area contributed by atoms with Gasteiger partial charge in [0.05, 0.1) is 25.3 Å². The van der Waals surface area contributed by atoms with E-state index >= 15 is 0 Å². The van der Waals surface area contributed by atoms with Crippen LogP contribution in [-0.2, 0) is 34.0 Å². The summed E-state index contributed by atoms with van der Waals surface area (Å²) < 4.78 is 51.2. The summed E-state index contributed by atoms with van der Waals surface area (Å²) in [6, 6.07) is 7.90. The summed E-state index contributed by atoms with van der Waals surface area (Å²) in [6.45, 7) is 0.799. The van der Waals surface area contributed by atoms with Gasteiger partial charge in [-0.2, -0.15) is 13.2 Å². The number of aromatic nitrogens is 1. The number of aryl methyl sites for hydroxylation is 1. The molecule has 2 aromatic rings. The highest BCUT2D eigenvalue weighted by Crippen LogP contribution is 2.29. The first-order chi connectivity index (χ1) is 15.2. The summed E-state index contributed by atoms with van der Waals surface area (Å²) >= 11 is 0. The van der Waals surface area contributed by atoms with Crippen LogP contribution in [-0.4, -0.2) is 73.2 Å². The smallest absolute Gasteiger partial charge is 0.383 e. The molecule has 0 atom stereocenters. The number of hydrogen-bond acceptors (Lipinski definition) is 4. The number of benzene rings is 1. The molecule has 0 fully saturated rings. The largest absolute Gasteiger partial charge is 0.416 e. The van der Waals surface area contributed by atoms with E-state index in [2.05, 4.69) is 0 Å². The Morgan fingerprint density at radius 2 is 1.66 bits per heavy atom. The van der Waals surface area contributed by atoms with Crippen LogP contribution in [0.2, 0.25) is 0 Å². The van der Waals surface area contributed by atoms with Gasteiger partial charge < -0.3 is 23.8 Å². The number of nitrogens with zero attached hydrogens (tertiary/aromatic N) is 3. The van der Waals surface area contributed by atoms with E-state index in [0.29, 0.717) is 19.7 Å². The van der Waals surface area contributed by atoms with E-state index in [1.807, 2.05) is 29.9 Å². The lowest BCUT2D eigenvalue weighted by Gasteiger charge is -2.28. The Balaban J connectivity index is 2.22. The maximum absolute atomic E-state index is 13.1. The van der Waals surface area contributed by atoms with Gasteiger partial charge in [0, 0.05) is 51.8 Å². The molecule has 0 N–H and O–H groups in total. The third-order valence-electron chi connectivity index (χ3n) is 4.94. The summed E-state index contributed by atoms with van der Waals surface area (Å²) in [5, 5.41) is 0. The second kappa shape index (κ2) is 11.7. The zero-order valence-electron chi connectivity index (χ0n) is 18.4. The lowest BCUT2D eigenvalue weighted by molar-refractivity contribution is -0.137. The Kier molecular flexibility index (Phi) is 9.27. The van der Waals surface area contributed by atoms with Gasteiger partial charge in [-0.15, -0.1) is 0 Å². The molecular weight excluding hydrogens is 427 g/mol. The van der Waals surface area contributed by atoms with E-state index in [4.69, 9.17) is 9.47 Å². The minimum Gasteiger partial charge on any atom is -0.383 e. The fourth-order valence-corrected chi connectivity index (χ4v) is 3.08. The highest BCUT2D eigenvalue weighted by atomic mass is 19.4. The fraction of sp³-hybridized carbons (Fsp3) is 0.455. The van der Waals surface area contributed by atoms with Crippen molar-refractivity contribution in [3.05, 3.63) is 59.4 Å². The first-order valence-corrected chi connectivity index (χ1v) is 9.99. The topological polar surface area (TPSA) is 64.0 Å². The fourth-order valence-electron chi connectivity index (χ4n) is 3.08. The minimum atomic E-state index is -4.57. The number of rotatable bonds is 11. The van der Waals surface area contributed by atoms with E-state index in [0.717, 1.165) is 17.8 Å². The van der Waals surface area contributed by atoms with E-state index in [9.17, 15) is 22.8 Å². The SMILES string of the molecule is COCCN(Cc1cccn1C)C(=O)CN(CCOC)C(=O)c1cccc(C(F)(F)F)c1. The molecule has 0 spiro atoms. The highest BCUT2D eigenvalue weighted by molar-refractivity contribution is 5.96. The molecular formula is C22H28F3N3O4. The molecule has 176 valence electrons. The Morgan fingerprint density at radius 1 is 1.00 bits per heavy atom. The Hall–Kier alpha value is -2.85. The second-order valence-electron chi connectivity index (χ2n) is 7.22. The van der Waals surface area contributed by atoms with Crippen molar-refractivity contribution in [3.63, 3.8) is 0 Å². The average Bonchev–Trinajstić information content (AvgIpc) is 3.17. The average molecular weight is 455 g/mol. The molecule has 0 saturated carbocycles. The van der Waals surface area contributed by atoms with Gasteiger partial charge in [0.1, 0.15) is 6.54 Å². The van der Waals surface area contributed by atoms with Crippen LogP contribution in [0.4, 0.5) is 13.2 Å². The predicted octanol–water partition coefficient (Wildman–Crippen LogP) is 2.81. The first kappa shape index (κ1) is 25.4. The number of methoxy groups -OCH3 is 2. The van der Waals surface area contributed by atoms with Crippen molar-refractivity contribution in [1.29, 1.82) is 0 Å². The highest BCUT2D eigenvalue weighted by Gasteiger charge is 2.31. The van der Waals surface area contributed by atoms with E-state index in [-0.39, 0.29) is 31.2 Å². The third-order valence-corrected chi connectivity index (χ3v) is 4.94. The predicted molar refractivity (Wildman–Crippen MR) is 112 cm³/mol. The van der Waals surface area contributed by atoms with Crippen LogP contribution in [0.3, 0.4) is 0 Å². The second-order valence-corrected chi connectivity index (χ2v) is 7.22. The van der Waals surface area contributed by atoms with Crippen LogP contribution in [0.5, 0.6) is 0 Å². The van der Waals surface area contributed by atoms with Crippen LogP contribution in [0.1, 0.15) is 21.6 Å². The normalized spacial score (nSPS) is 11.4. The van der Waals surface area contributed by atoms with Crippen molar-refractivity contribution in [2.24, 2.45) is 7.05 Å². The Bertz CT molecular complexity index is 899. The summed E-state index contributed by atoms with van der Waals surface area (Å²) in [5.41, 5.74) is -0.177. The molecule has 32 heavy (non-hydrogen) atoms. The summed E-state index contributed by atoms with van der Waals surface area (Å²) in [5.74, 6) is -1.02. The maximum atomic E-state index is 13.1. The Labute approximate surface area is 185 Å². The van der Waals surface area contributed by atoms with Crippen molar-refractivity contribution in [1.82, 2.24) is 14.4 Å². The van der Waals surface area contributed by atoms with Crippen molar-refractivity contribution < 1.29 is 32.2 Å². The summed E-state index contributed by atoms with van der Waals surface area (Å²) in [7, 11) is 4.82. The van der Waals surface area contributed by atoms with Gasteiger partial charge in [0.15, 0.2) is 0 Å². The monoisotopic (exact) mass is 455 g/mol. The standard InChI is InChI=1S/C22H28F3N3O4/c1-26-9-5-8-19(26)15-27(10-12-31-2)20(29)16-28(11-13-32-3)21(30)17-6-4-7-18(14-17)22(23,24)25/h4-9,14H,10-13,15-16H2,1-3H3. The van der Waals surface area contributed by atoms with Crippen LogP contribution in [0, 0.1) is 0 Å². The minimum absolute atomic E-state index is 0.0552. The first-order valence-electron chi connectivity index (χ1n) is 9.99. The quantitative estimate of drug-likeness (QED) is 0.523. The number of hydrogen-bond donors (Lipinski definition) is 0. The van der Waals surface area contributed by atoms with Gasteiger partial charge in [0.25, 0.3) is 5.91 Å². The molecule has 7 nitrogen and oxygen atoms in total. The van der Waals surface area contributed by atoms with Gasteiger partial charge >= 0.3 is 6.18 Å². The molecule has 10 heteroatoms. The lowest BCUT2D eigenvalue weighted by Crippen LogP contribution is -2.45. The van der Waals surface area contributed by atoms with Crippen molar-refractivity contribution in [3.8, 4) is 0 Å². The number of halogens is 3. The molecule has 0 bridgehead atoms. The molecule has 0 aliphatic carbocycles. The molecule has 2 rings (SSSR count). The molecule has 1 aromatic heterocycles. The zero-order valence-corrected chi connectivity index (χ0v) is 18.4. The maximum Gasteiger partial charge on any atom is 0.416 e. The summed E-state index contributed by atoms with van der Waals surface area (Å²) in [6.07, 6.45) is -2.72. The van der Waals surface area contributed by atoms with Gasteiger partial charge in [-0.25, -0.2) is 0 Å². The van der Waals surface area contributed by atoms with Crippen molar-refractivity contribution >= 4 is 11.8 Å². The molecule has 0 aliphatic rings. The van der Waals surface area contributed by atoms with Gasteiger partial charge in [-0.1, -0.05) is 6.07 Å². The van der Waals surface area contributed by atoms with E-state index in [1.54, 1.807) is 4.90 Å². The number of alkyl halides is 3. The third kappa shape index (κ3) is 7.10. The van der Waals surface area contributed by atoms with Crippen LogP contribution >= 0.6 is 0 Å². The van der Waals surface area contributed by atoms with Gasteiger partial charge in [0.2, 0.25) is 5.91 Å². The molecule has 0 unspecified atom stereocenters. The number of carbonyl (C=O) groups is 2. The molecule has 2 amide bonds. The number of amides is 2. The van der Waals surface area contributed by atoms with Crippen LogP contribution in [0.15, 0.2) is 42.6 Å².